The maximum Gasteiger partial charge on any atom is 0.416 e. The number of aromatic nitrogens is 2. The number of hydrogen-bond donors (Lipinski definition) is 2. The van der Waals surface area contributed by atoms with E-state index in [4.69, 9.17) is 47.7 Å². The van der Waals surface area contributed by atoms with E-state index in [-0.39, 0.29) is 70.3 Å². The minimum atomic E-state index is -4.06. The van der Waals surface area contributed by atoms with E-state index < -0.39 is 43.1 Å². The Hall–Kier alpha value is -6.03. The molecular weight excluding hydrogens is 1030 g/mol. The van der Waals surface area contributed by atoms with E-state index >= 15 is 4.11 Å². The summed E-state index contributed by atoms with van der Waals surface area (Å²) in [5, 5.41) is 9.20. The van der Waals surface area contributed by atoms with Gasteiger partial charge in [0.05, 0.1) is 97.8 Å². The summed E-state index contributed by atoms with van der Waals surface area (Å²) in [6.45, 7) is 16.3. The van der Waals surface area contributed by atoms with E-state index in [0.717, 1.165) is 44.5 Å². The maximum atomic E-state index is 18.4. The molecule has 0 radical (unpaired) electrons. The third-order valence-corrected chi connectivity index (χ3v) is 19.4. The van der Waals surface area contributed by atoms with Crippen LogP contribution in [0, 0.1) is 0 Å². The van der Waals surface area contributed by atoms with Crippen LogP contribution in [-0.4, -0.2) is 162 Å². The van der Waals surface area contributed by atoms with E-state index in [0.29, 0.717) is 71.4 Å². The first-order valence-electron chi connectivity index (χ1n) is 27.3. The van der Waals surface area contributed by atoms with Gasteiger partial charge in [-0.25, -0.2) is 9.59 Å². The van der Waals surface area contributed by atoms with Crippen molar-refractivity contribution in [1.29, 1.82) is 0 Å². The van der Waals surface area contributed by atoms with Crippen LogP contribution in [-0.2, 0) is 54.0 Å². The molecule has 17 nitrogen and oxygen atoms in total. The largest absolute Gasteiger partial charge is 0.449 e. The summed E-state index contributed by atoms with van der Waals surface area (Å²) in [6.07, 6.45) is -1.37. The smallest absolute Gasteiger partial charge is 0.416 e. The molecule has 5 aromatic rings. The van der Waals surface area contributed by atoms with Crippen molar-refractivity contribution < 1.29 is 61.1 Å². The minimum absolute atomic E-state index is 0.00937. The molecule has 0 atom stereocenters. The zero-order valence-corrected chi connectivity index (χ0v) is 48.0. The number of nitrogens with one attached hydrogen (secondary N) is 2. The summed E-state index contributed by atoms with van der Waals surface area (Å²) in [6, 6.07) is 34.0. The van der Waals surface area contributed by atoms with Crippen LogP contribution >= 0.6 is 0 Å². The molecule has 0 saturated heterocycles. The number of halogens is 1. The van der Waals surface area contributed by atoms with Gasteiger partial charge in [-0.3, -0.25) is 14.4 Å². The number of amides is 3. The predicted molar refractivity (Wildman–Crippen MR) is 303 cm³/mol. The van der Waals surface area contributed by atoms with E-state index in [1.54, 1.807) is 17.9 Å². The Labute approximate surface area is 465 Å². The minimum Gasteiger partial charge on any atom is -0.449 e. The quantitative estimate of drug-likeness (QED) is 0.0237. The lowest BCUT2D eigenvalue weighted by Gasteiger charge is -2.44. The predicted octanol–water partition coefficient (Wildman–Crippen LogP) is 8.76. The fraction of sp³-hybridized carbons (Fsp3) is 0.500. The lowest BCUT2D eigenvalue weighted by atomic mass is 9.98. The van der Waals surface area contributed by atoms with Crippen molar-refractivity contribution in [2.24, 2.45) is 0 Å². The van der Waals surface area contributed by atoms with Gasteiger partial charge in [-0.2, -0.15) is 5.10 Å². The third-order valence-electron chi connectivity index (χ3n) is 14.1. The number of alkyl carbamates (subject to hydrolysis) is 1. The van der Waals surface area contributed by atoms with Crippen LogP contribution in [0.5, 0.6) is 0 Å². The Bertz CT molecular complexity index is 2640. The Balaban J connectivity index is 0.958. The molecule has 3 amide bonds. The van der Waals surface area contributed by atoms with Crippen LogP contribution in [0.3, 0.4) is 0 Å². The van der Waals surface area contributed by atoms with Crippen LogP contribution in [0.4, 0.5) is 19.5 Å². The molecule has 0 unspecified atom stereocenters. The standard InChI is InChI=1S/C60H80FN5O12Si/c1-59(2,3)79(61,60(4,5)6)56-40-54(64-66(56)26-29-71-28-25-63-57(68)77-42-52-48-20-12-8-16-44(48)45-17-9-13-21-49(45)52)65(58(69)78-43-53-50-22-14-10-18-46(50)47-19-11-15-23-51(47)53)41-55(67)62-24-27-72-32-33-74-36-37-76-39-38-75-35-34-73-31-30-70-7/h8-23,40,52-53H,24-39,41-43H2,1-7H3,(H,62,67)(H,63,68). The van der Waals surface area contributed by atoms with Gasteiger partial charge in [0.25, 0.3) is 0 Å². The Morgan fingerprint density at radius 1 is 0.557 bits per heavy atom. The first-order chi connectivity index (χ1) is 38.1. The highest BCUT2D eigenvalue weighted by Crippen LogP contribution is 2.52. The molecular formula is C60H80FN5O12Si. The topological polar surface area (TPSA) is 179 Å². The molecule has 0 aliphatic heterocycles. The molecule has 2 N–H and O–H groups in total. The van der Waals surface area contributed by atoms with E-state index in [9.17, 15) is 14.4 Å². The molecule has 79 heavy (non-hydrogen) atoms. The fourth-order valence-corrected chi connectivity index (χ4v) is 15.1. The number of benzene rings is 4. The molecule has 2 aliphatic rings. The highest BCUT2D eigenvalue weighted by atomic mass is 28.4. The second-order valence-electron chi connectivity index (χ2n) is 21.4. The number of fused-ring (bicyclic) bond motifs is 6. The van der Waals surface area contributed by atoms with Crippen LogP contribution in [0.1, 0.15) is 75.6 Å². The van der Waals surface area contributed by atoms with Gasteiger partial charge >= 0.3 is 20.6 Å². The zero-order chi connectivity index (χ0) is 56.3. The molecule has 7 rings (SSSR count). The number of ether oxygens (including phenoxy) is 9. The number of carbonyl (C=O) groups is 3. The van der Waals surface area contributed by atoms with E-state index in [2.05, 4.69) is 47.0 Å². The van der Waals surface area contributed by atoms with Gasteiger partial charge in [-0.05, 0) is 54.6 Å². The average molecular weight is 1110 g/mol. The highest BCUT2D eigenvalue weighted by molar-refractivity contribution is 6.90. The monoisotopic (exact) mass is 1110 g/mol. The van der Waals surface area contributed by atoms with Gasteiger partial charge in [-0.15, -0.1) is 0 Å². The average Bonchev–Trinajstić information content (AvgIpc) is 4.30. The third kappa shape index (κ3) is 15.9. The Kier molecular flexibility index (Phi) is 22.6. The fourth-order valence-electron chi connectivity index (χ4n) is 10.5. The Morgan fingerprint density at radius 3 is 1.39 bits per heavy atom. The summed E-state index contributed by atoms with van der Waals surface area (Å²) >= 11 is 0. The van der Waals surface area contributed by atoms with Crippen molar-refractivity contribution >= 4 is 37.6 Å². The van der Waals surface area contributed by atoms with Crippen LogP contribution < -0.4 is 20.9 Å². The second kappa shape index (κ2) is 29.4. The van der Waals surface area contributed by atoms with Crippen LogP contribution in [0.15, 0.2) is 103 Å². The lowest BCUT2D eigenvalue weighted by molar-refractivity contribution is -0.120. The van der Waals surface area contributed by atoms with Gasteiger partial charge in [0.15, 0.2) is 5.82 Å². The van der Waals surface area contributed by atoms with Crippen molar-refractivity contribution in [3.05, 3.63) is 125 Å². The van der Waals surface area contributed by atoms with E-state index in [1.165, 1.54) is 4.90 Å². The summed E-state index contributed by atoms with van der Waals surface area (Å²) < 4.78 is 70.5. The summed E-state index contributed by atoms with van der Waals surface area (Å²) in [4.78, 5) is 42.4. The first-order valence-corrected chi connectivity index (χ1v) is 29.2. The summed E-state index contributed by atoms with van der Waals surface area (Å²) in [7, 11) is -2.43. The van der Waals surface area contributed by atoms with Gasteiger partial charge in [0.2, 0.25) is 5.91 Å². The molecule has 0 saturated carbocycles. The van der Waals surface area contributed by atoms with Crippen LogP contribution in [0.25, 0.3) is 22.3 Å². The number of anilines is 1. The van der Waals surface area contributed by atoms with Crippen molar-refractivity contribution in [1.82, 2.24) is 20.4 Å². The van der Waals surface area contributed by atoms with E-state index in [1.807, 2.05) is 102 Å². The number of methoxy groups -OCH3 is 1. The SMILES string of the molecule is COCCOCCOCCOCCOCCOCCNC(=O)CN(C(=O)OCC1c2ccccc2-c2ccccc21)c1cc([Si](F)(C(C)(C)C)C(C)(C)C)n(CCOCCNC(=O)OCC2c3ccccc3-c3ccccc32)n1. The number of carbonyl (C=O) groups excluding carboxylic acids is 3. The van der Waals surface area contributed by atoms with Crippen molar-refractivity contribution in [3.8, 4) is 22.3 Å². The van der Waals surface area contributed by atoms with Crippen LogP contribution in [0.2, 0.25) is 10.1 Å². The molecule has 428 valence electrons. The molecule has 0 spiro atoms. The van der Waals surface area contributed by atoms with Crippen molar-refractivity contribution in [3.63, 3.8) is 0 Å². The molecule has 1 heterocycles. The molecule has 0 fully saturated rings. The molecule has 1 aromatic heterocycles. The summed E-state index contributed by atoms with van der Waals surface area (Å²) in [5.74, 6) is -0.750. The highest BCUT2D eigenvalue weighted by Gasteiger charge is 2.59. The first kappa shape index (κ1) is 60.6. The normalized spacial score (nSPS) is 13.2. The maximum absolute atomic E-state index is 18.4. The molecule has 2 aliphatic carbocycles. The van der Waals surface area contributed by atoms with Gasteiger partial charge in [0, 0.05) is 38.1 Å². The lowest BCUT2D eigenvalue weighted by Crippen LogP contribution is -2.60. The van der Waals surface area contributed by atoms with Crippen molar-refractivity contribution in [2.75, 3.05) is 131 Å². The van der Waals surface area contributed by atoms with Gasteiger partial charge in [0.1, 0.15) is 19.8 Å². The summed E-state index contributed by atoms with van der Waals surface area (Å²) in [5.41, 5.74) is 8.73. The number of rotatable bonds is 32. The zero-order valence-electron chi connectivity index (χ0n) is 47.0. The van der Waals surface area contributed by atoms with Gasteiger partial charge in [-0.1, -0.05) is 139 Å². The molecule has 0 bridgehead atoms. The second-order valence-corrected chi connectivity index (χ2v) is 26.3. The number of hydrogen-bond acceptors (Lipinski definition) is 13. The Morgan fingerprint density at radius 2 is 0.949 bits per heavy atom. The van der Waals surface area contributed by atoms with Gasteiger partial charge < -0.3 is 57.4 Å². The van der Waals surface area contributed by atoms with Crippen molar-refractivity contribution in [2.45, 2.75) is 70.0 Å². The molecule has 19 heteroatoms. The number of nitrogens with zero attached hydrogens (tertiary/aromatic N) is 3. The molecule has 4 aromatic carbocycles.